The summed E-state index contributed by atoms with van der Waals surface area (Å²) in [6.07, 6.45) is 0. The van der Waals surface area contributed by atoms with Crippen molar-refractivity contribution >= 4 is 44.9 Å². The summed E-state index contributed by atoms with van der Waals surface area (Å²) in [5.41, 5.74) is 7.68. The molecular formula is C44H32N4O3. The first-order valence-corrected chi connectivity index (χ1v) is 17.1. The van der Waals surface area contributed by atoms with E-state index < -0.39 is 0 Å². The Balaban J connectivity index is 0.00000171. The predicted octanol–water partition coefficient (Wildman–Crippen LogP) is 12.7. The molecule has 7 aromatic carbocycles. The number of hydrogen-bond acceptors (Lipinski definition) is 7. The second-order valence-corrected chi connectivity index (χ2v) is 11.9. The number of benzene rings is 7. The van der Waals surface area contributed by atoms with Gasteiger partial charge < -0.3 is 23.8 Å². The van der Waals surface area contributed by atoms with Crippen LogP contribution in [0.2, 0.25) is 0 Å². The highest BCUT2D eigenvalue weighted by Crippen LogP contribution is 2.53. The Kier molecular flexibility index (Phi) is 7.43. The summed E-state index contributed by atoms with van der Waals surface area (Å²) < 4.78 is 18.3. The van der Waals surface area contributed by atoms with Crippen molar-refractivity contribution in [2.45, 2.75) is 13.8 Å². The van der Waals surface area contributed by atoms with Gasteiger partial charge in [-0.25, -0.2) is 0 Å². The van der Waals surface area contributed by atoms with Gasteiger partial charge in [-0.1, -0.05) is 91.8 Å². The zero-order valence-corrected chi connectivity index (χ0v) is 28.0. The fourth-order valence-corrected chi connectivity index (χ4v) is 6.82. The van der Waals surface area contributed by atoms with E-state index in [-0.39, 0.29) is 0 Å². The smallest absolute Gasteiger partial charge is 0.258 e. The SMILES string of the molecule is CC.c1ccc2c(c1)Oc1ccccc1N2c1ccc(-c2nc(-c3ccc(N4c5ccccc5Oc5ccccc54)c4ccccc34)no2)cc1. The zero-order valence-electron chi connectivity index (χ0n) is 28.0. The number of anilines is 6. The van der Waals surface area contributed by atoms with Crippen molar-refractivity contribution in [1.82, 2.24) is 10.1 Å². The van der Waals surface area contributed by atoms with Crippen LogP contribution < -0.4 is 19.3 Å². The molecule has 0 unspecified atom stereocenters. The molecule has 0 aliphatic carbocycles. The monoisotopic (exact) mass is 664 g/mol. The summed E-state index contributed by atoms with van der Waals surface area (Å²) in [4.78, 5) is 9.35. The fraction of sp³-hybridized carbons (Fsp3) is 0.0455. The van der Waals surface area contributed by atoms with Crippen molar-refractivity contribution in [1.29, 1.82) is 0 Å². The van der Waals surface area contributed by atoms with E-state index in [1.165, 1.54) is 0 Å². The average molecular weight is 665 g/mol. The third kappa shape index (κ3) is 5.06. The Morgan fingerprint density at radius 2 is 0.902 bits per heavy atom. The van der Waals surface area contributed by atoms with Gasteiger partial charge in [0.25, 0.3) is 5.89 Å². The van der Waals surface area contributed by atoms with E-state index in [1.54, 1.807) is 0 Å². The van der Waals surface area contributed by atoms with E-state index in [1.807, 2.05) is 105 Å². The number of ether oxygens (including phenoxy) is 2. The van der Waals surface area contributed by atoms with Crippen LogP contribution in [0.25, 0.3) is 33.6 Å². The maximum Gasteiger partial charge on any atom is 0.258 e. The molecule has 0 saturated carbocycles. The summed E-state index contributed by atoms with van der Waals surface area (Å²) in [5, 5.41) is 6.54. The Hall–Kier alpha value is -6.86. The van der Waals surface area contributed by atoms with Crippen LogP contribution in [0.3, 0.4) is 0 Å². The zero-order chi connectivity index (χ0) is 34.3. The molecule has 0 bridgehead atoms. The second kappa shape index (κ2) is 12.5. The molecule has 0 fully saturated rings. The van der Waals surface area contributed by atoms with Crippen LogP contribution in [-0.4, -0.2) is 10.1 Å². The molecule has 7 nitrogen and oxygen atoms in total. The topological polar surface area (TPSA) is 63.9 Å². The second-order valence-electron chi connectivity index (χ2n) is 11.9. The van der Waals surface area contributed by atoms with Crippen molar-refractivity contribution in [3.8, 4) is 45.8 Å². The van der Waals surface area contributed by atoms with Crippen LogP contribution in [0.4, 0.5) is 34.1 Å². The van der Waals surface area contributed by atoms with Crippen LogP contribution >= 0.6 is 0 Å². The highest BCUT2D eigenvalue weighted by Gasteiger charge is 2.28. The van der Waals surface area contributed by atoms with Crippen molar-refractivity contribution in [3.63, 3.8) is 0 Å². The van der Waals surface area contributed by atoms with Crippen LogP contribution in [0, 0.1) is 0 Å². The lowest BCUT2D eigenvalue weighted by Gasteiger charge is -2.33. The van der Waals surface area contributed by atoms with Crippen molar-refractivity contribution in [2.75, 3.05) is 9.80 Å². The molecular weight excluding hydrogens is 633 g/mol. The average Bonchev–Trinajstić information content (AvgIpc) is 3.70. The first-order valence-electron chi connectivity index (χ1n) is 17.1. The van der Waals surface area contributed by atoms with Gasteiger partial charge in [0, 0.05) is 22.2 Å². The number of fused-ring (bicyclic) bond motifs is 5. The van der Waals surface area contributed by atoms with E-state index in [9.17, 15) is 0 Å². The van der Waals surface area contributed by atoms with Gasteiger partial charge in [-0.3, -0.25) is 0 Å². The lowest BCUT2D eigenvalue weighted by Crippen LogP contribution is -2.16. The molecule has 0 saturated heterocycles. The minimum atomic E-state index is 0.452. The summed E-state index contributed by atoms with van der Waals surface area (Å²) in [6, 6.07) is 53.1. The van der Waals surface area contributed by atoms with Crippen molar-refractivity contribution < 1.29 is 14.0 Å². The molecule has 8 aromatic rings. The summed E-state index contributed by atoms with van der Waals surface area (Å²) in [7, 11) is 0. The van der Waals surface area contributed by atoms with Crippen LogP contribution in [-0.2, 0) is 0 Å². The lowest BCUT2D eigenvalue weighted by molar-refractivity contribution is 0.432. The molecule has 0 spiro atoms. The first kappa shape index (κ1) is 30.2. The molecule has 0 amide bonds. The molecule has 0 atom stereocenters. The molecule has 2 aliphatic rings. The minimum absolute atomic E-state index is 0.452. The Labute approximate surface area is 295 Å². The minimum Gasteiger partial charge on any atom is -0.453 e. The maximum absolute atomic E-state index is 6.27. The summed E-state index contributed by atoms with van der Waals surface area (Å²) in [5.74, 6) is 4.23. The van der Waals surface area contributed by atoms with Gasteiger partial charge >= 0.3 is 0 Å². The number of rotatable bonds is 4. The fourth-order valence-electron chi connectivity index (χ4n) is 6.82. The number of nitrogens with zero attached hydrogens (tertiary/aromatic N) is 4. The summed E-state index contributed by atoms with van der Waals surface area (Å²) in [6.45, 7) is 4.00. The van der Waals surface area contributed by atoms with Gasteiger partial charge in [0.2, 0.25) is 5.82 Å². The van der Waals surface area contributed by atoms with E-state index in [2.05, 4.69) is 81.7 Å². The molecule has 1 aromatic heterocycles. The molecule has 0 N–H and O–H groups in total. The number of para-hydroxylation sites is 8. The normalized spacial score (nSPS) is 12.4. The van der Waals surface area contributed by atoms with Gasteiger partial charge in [-0.05, 0) is 90.3 Å². The lowest BCUT2D eigenvalue weighted by atomic mass is 10.00. The molecule has 10 rings (SSSR count). The Bertz CT molecular complexity index is 2450. The molecule has 3 heterocycles. The van der Waals surface area contributed by atoms with E-state index in [0.29, 0.717) is 11.7 Å². The van der Waals surface area contributed by atoms with Crippen LogP contribution in [0.5, 0.6) is 23.0 Å². The molecule has 51 heavy (non-hydrogen) atoms. The quantitative estimate of drug-likeness (QED) is 0.185. The van der Waals surface area contributed by atoms with E-state index >= 15 is 0 Å². The van der Waals surface area contributed by atoms with Crippen molar-refractivity contribution in [3.05, 3.63) is 158 Å². The van der Waals surface area contributed by atoms with Gasteiger partial charge in [0.05, 0.1) is 28.4 Å². The number of hydrogen-bond donors (Lipinski definition) is 0. The van der Waals surface area contributed by atoms with Crippen LogP contribution in [0.15, 0.2) is 162 Å². The van der Waals surface area contributed by atoms with Crippen LogP contribution in [0.1, 0.15) is 13.8 Å². The maximum atomic E-state index is 6.27. The summed E-state index contributed by atoms with van der Waals surface area (Å²) >= 11 is 0. The molecule has 0 radical (unpaired) electrons. The van der Waals surface area contributed by atoms with Gasteiger partial charge in [-0.2, -0.15) is 4.98 Å². The Morgan fingerprint density at radius 3 is 1.45 bits per heavy atom. The standard InChI is InChI=1S/C42H26N4O3.C2H6/c1-2-12-30-29(11-1)31(25-26-32(30)46-35-15-5-9-19-39(35)48-40-20-10-6-16-36(40)46)41-43-42(49-44-41)27-21-23-28(24-22-27)45-33-13-3-7-17-37(33)47-38-18-8-4-14-34(38)45;1-2/h1-26H;1-2H3. The Morgan fingerprint density at radius 1 is 0.431 bits per heavy atom. The first-order chi connectivity index (χ1) is 25.3. The predicted molar refractivity (Wildman–Crippen MR) is 204 cm³/mol. The molecule has 7 heteroatoms. The third-order valence-corrected chi connectivity index (χ3v) is 9.05. The largest absolute Gasteiger partial charge is 0.453 e. The van der Waals surface area contributed by atoms with Gasteiger partial charge in [0.15, 0.2) is 23.0 Å². The van der Waals surface area contributed by atoms with Gasteiger partial charge in [0.1, 0.15) is 0 Å². The van der Waals surface area contributed by atoms with E-state index in [4.69, 9.17) is 19.0 Å². The van der Waals surface area contributed by atoms with Crippen molar-refractivity contribution in [2.24, 2.45) is 0 Å². The third-order valence-electron chi connectivity index (χ3n) is 9.05. The highest BCUT2D eigenvalue weighted by atomic mass is 16.5. The van der Waals surface area contributed by atoms with Gasteiger partial charge in [-0.15, -0.1) is 0 Å². The van der Waals surface area contributed by atoms with E-state index in [0.717, 1.165) is 79.0 Å². The molecule has 246 valence electrons. The number of aromatic nitrogens is 2. The highest BCUT2D eigenvalue weighted by molar-refractivity contribution is 6.06. The molecule has 2 aliphatic heterocycles.